The van der Waals surface area contributed by atoms with Crippen LogP contribution in [0.4, 0.5) is 13.2 Å². The van der Waals surface area contributed by atoms with Crippen LogP contribution in [0.5, 0.6) is 0 Å². The molecule has 0 amide bonds. The molecule has 2 unspecified atom stereocenters. The maximum absolute atomic E-state index is 12.8. The summed E-state index contributed by atoms with van der Waals surface area (Å²) >= 11 is 0. The second-order valence-electron chi connectivity index (χ2n) is 6.71. The lowest BCUT2D eigenvalue weighted by Crippen LogP contribution is -2.55. The molecule has 0 aromatic heterocycles. The van der Waals surface area contributed by atoms with Crippen LogP contribution in [0.2, 0.25) is 0 Å². The van der Waals surface area contributed by atoms with Crippen molar-refractivity contribution in [2.45, 2.75) is 56.0 Å². The number of fused-ring (bicyclic) bond motifs is 2. The SMILES string of the molecule is CN1C2CCCC1CC(O)(c1ccc(C(F)(F)F)cc1C#N)C2. The molecule has 2 heterocycles. The maximum atomic E-state index is 12.8. The van der Waals surface area contributed by atoms with E-state index in [0.29, 0.717) is 18.4 Å². The lowest BCUT2D eigenvalue weighted by atomic mass is 9.71. The quantitative estimate of drug-likeness (QED) is 0.861. The van der Waals surface area contributed by atoms with E-state index in [4.69, 9.17) is 0 Å². The predicted octanol–water partition coefficient (Wildman–Crippen LogP) is 3.41. The van der Waals surface area contributed by atoms with Crippen molar-refractivity contribution in [2.24, 2.45) is 0 Å². The number of rotatable bonds is 1. The van der Waals surface area contributed by atoms with Gasteiger partial charge in [-0.2, -0.15) is 18.4 Å². The molecule has 124 valence electrons. The number of halogens is 3. The zero-order valence-corrected chi connectivity index (χ0v) is 12.9. The van der Waals surface area contributed by atoms with Gasteiger partial charge >= 0.3 is 6.18 Å². The van der Waals surface area contributed by atoms with Crippen molar-refractivity contribution in [3.8, 4) is 6.07 Å². The zero-order valence-electron chi connectivity index (χ0n) is 12.9. The highest BCUT2D eigenvalue weighted by atomic mass is 19.4. The number of benzene rings is 1. The second kappa shape index (κ2) is 5.50. The Balaban J connectivity index is 1.99. The first-order valence-corrected chi connectivity index (χ1v) is 7.81. The summed E-state index contributed by atoms with van der Waals surface area (Å²) in [6, 6.07) is 5.34. The van der Waals surface area contributed by atoms with Gasteiger partial charge < -0.3 is 10.0 Å². The first kappa shape index (κ1) is 16.3. The maximum Gasteiger partial charge on any atom is 0.416 e. The van der Waals surface area contributed by atoms with Crippen molar-refractivity contribution >= 4 is 0 Å². The summed E-state index contributed by atoms with van der Waals surface area (Å²) in [5, 5.41) is 20.4. The van der Waals surface area contributed by atoms with E-state index in [9.17, 15) is 23.5 Å². The molecule has 1 aromatic carbocycles. The summed E-state index contributed by atoms with van der Waals surface area (Å²) < 4.78 is 38.5. The van der Waals surface area contributed by atoms with Gasteiger partial charge in [0.1, 0.15) is 0 Å². The molecule has 2 aliphatic heterocycles. The summed E-state index contributed by atoms with van der Waals surface area (Å²) in [5.74, 6) is 0. The summed E-state index contributed by atoms with van der Waals surface area (Å²) in [4.78, 5) is 2.26. The van der Waals surface area contributed by atoms with Crippen LogP contribution in [-0.4, -0.2) is 29.1 Å². The number of alkyl halides is 3. The summed E-state index contributed by atoms with van der Waals surface area (Å²) in [7, 11) is 2.03. The largest absolute Gasteiger partial charge is 0.416 e. The van der Waals surface area contributed by atoms with E-state index in [0.717, 1.165) is 31.4 Å². The average Bonchev–Trinajstić information content (AvgIpc) is 2.47. The van der Waals surface area contributed by atoms with E-state index in [2.05, 4.69) is 4.90 Å². The van der Waals surface area contributed by atoms with Crippen LogP contribution in [-0.2, 0) is 11.8 Å². The Labute approximate surface area is 133 Å². The molecular formula is C17H19F3N2O. The Morgan fingerprint density at radius 2 is 1.87 bits per heavy atom. The van der Waals surface area contributed by atoms with Crippen molar-refractivity contribution in [3.63, 3.8) is 0 Å². The molecule has 6 heteroatoms. The van der Waals surface area contributed by atoms with Crippen molar-refractivity contribution < 1.29 is 18.3 Å². The molecule has 2 fully saturated rings. The van der Waals surface area contributed by atoms with E-state index in [-0.39, 0.29) is 17.6 Å². The van der Waals surface area contributed by atoms with E-state index in [1.165, 1.54) is 6.07 Å². The van der Waals surface area contributed by atoms with Gasteiger partial charge in [-0.25, -0.2) is 0 Å². The highest BCUT2D eigenvalue weighted by Crippen LogP contribution is 2.45. The standard InChI is InChI=1S/C17H19F3N2O/c1-22-13-3-2-4-14(22)9-16(23,8-13)15-6-5-12(17(18,19)20)7-11(15)10-21/h5-7,13-14,23H,2-4,8-9H2,1H3. The monoisotopic (exact) mass is 324 g/mol. The van der Waals surface area contributed by atoms with Crippen LogP contribution in [0, 0.1) is 11.3 Å². The molecule has 0 radical (unpaired) electrons. The summed E-state index contributed by atoms with van der Waals surface area (Å²) in [6.07, 6.45) is -0.528. The van der Waals surface area contributed by atoms with Crippen LogP contribution >= 0.6 is 0 Å². The number of nitriles is 1. The third kappa shape index (κ3) is 2.84. The Bertz CT molecular complexity index is 636. The normalized spacial score (nSPS) is 31.7. The van der Waals surface area contributed by atoms with Gasteiger partial charge in [0, 0.05) is 17.6 Å². The number of piperidine rings is 2. The van der Waals surface area contributed by atoms with Gasteiger partial charge in [-0.05, 0) is 44.9 Å². The Morgan fingerprint density at radius 1 is 1.26 bits per heavy atom. The molecule has 2 atom stereocenters. The smallest absolute Gasteiger partial charge is 0.385 e. The van der Waals surface area contributed by atoms with Crippen LogP contribution < -0.4 is 0 Å². The van der Waals surface area contributed by atoms with Gasteiger partial charge in [0.15, 0.2) is 0 Å². The topological polar surface area (TPSA) is 47.3 Å². The summed E-state index contributed by atoms with van der Waals surface area (Å²) in [5.41, 5.74) is -1.82. The molecule has 3 rings (SSSR count). The highest BCUT2D eigenvalue weighted by molar-refractivity contribution is 5.45. The molecule has 1 aromatic rings. The minimum Gasteiger partial charge on any atom is -0.385 e. The van der Waals surface area contributed by atoms with Crippen molar-refractivity contribution in [2.75, 3.05) is 7.05 Å². The summed E-state index contributed by atoms with van der Waals surface area (Å²) in [6.45, 7) is 0. The van der Waals surface area contributed by atoms with Crippen molar-refractivity contribution in [1.29, 1.82) is 5.26 Å². The molecular weight excluding hydrogens is 305 g/mol. The van der Waals surface area contributed by atoms with Crippen molar-refractivity contribution in [1.82, 2.24) is 4.90 Å². The van der Waals surface area contributed by atoms with Gasteiger partial charge in [-0.3, -0.25) is 0 Å². The third-order valence-electron chi connectivity index (χ3n) is 5.34. The van der Waals surface area contributed by atoms with Crippen molar-refractivity contribution in [3.05, 3.63) is 34.9 Å². The molecule has 2 bridgehead atoms. The Kier molecular flexibility index (Phi) is 3.89. The molecule has 1 N–H and O–H groups in total. The predicted molar refractivity (Wildman–Crippen MR) is 78.5 cm³/mol. The zero-order chi connectivity index (χ0) is 16.8. The number of hydrogen-bond acceptors (Lipinski definition) is 3. The Hall–Kier alpha value is -1.58. The van der Waals surface area contributed by atoms with Gasteiger partial charge in [0.25, 0.3) is 0 Å². The Morgan fingerprint density at radius 3 is 2.39 bits per heavy atom. The fraction of sp³-hybridized carbons (Fsp3) is 0.588. The van der Waals surface area contributed by atoms with E-state index in [1.54, 1.807) is 0 Å². The lowest BCUT2D eigenvalue weighted by molar-refractivity contribution is -0.137. The highest BCUT2D eigenvalue weighted by Gasteiger charge is 2.46. The fourth-order valence-corrected chi connectivity index (χ4v) is 4.09. The van der Waals surface area contributed by atoms with E-state index in [1.807, 2.05) is 13.1 Å². The number of hydrogen-bond donors (Lipinski definition) is 1. The molecule has 23 heavy (non-hydrogen) atoms. The molecule has 0 spiro atoms. The van der Waals surface area contributed by atoms with Gasteiger partial charge in [0.2, 0.25) is 0 Å². The van der Waals surface area contributed by atoms with E-state index >= 15 is 0 Å². The molecule has 2 aliphatic rings. The molecule has 0 aliphatic carbocycles. The second-order valence-corrected chi connectivity index (χ2v) is 6.71. The number of aliphatic hydroxyl groups is 1. The first-order chi connectivity index (χ1) is 10.7. The van der Waals surface area contributed by atoms with Crippen LogP contribution in [0.1, 0.15) is 48.8 Å². The average molecular weight is 324 g/mol. The first-order valence-electron chi connectivity index (χ1n) is 7.81. The van der Waals surface area contributed by atoms with Crippen LogP contribution in [0.25, 0.3) is 0 Å². The minimum absolute atomic E-state index is 0.0787. The fourth-order valence-electron chi connectivity index (χ4n) is 4.09. The third-order valence-corrected chi connectivity index (χ3v) is 5.34. The molecule has 3 nitrogen and oxygen atoms in total. The number of nitrogens with zero attached hydrogens (tertiary/aromatic N) is 2. The van der Waals surface area contributed by atoms with E-state index < -0.39 is 17.3 Å². The van der Waals surface area contributed by atoms with Gasteiger partial charge in [0.05, 0.1) is 22.8 Å². The van der Waals surface area contributed by atoms with Crippen LogP contribution in [0.3, 0.4) is 0 Å². The molecule has 2 saturated heterocycles. The molecule has 0 saturated carbocycles. The van der Waals surface area contributed by atoms with Gasteiger partial charge in [-0.15, -0.1) is 0 Å². The van der Waals surface area contributed by atoms with Gasteiger partial charge in [-0.1, -0.05) is 12.5 Å². The van der Waals surface area contributed by atoms with Crippen LogP contribution in [0.15, 0.2) is 18.2 Å². The minimum atomic E-state index is -4.49. The lowest BCUT2D eigenvalue weighted by Gasteiger charge is -2.51.